The number of hydrogen-bond acceptors (Lipinski definition) is 2. The van der Waals surface area contributed by atoms with Gasteiger partial charge in [0.25, 0.3) is 0 Å². The average molecular weight is 209 g/mol. The van der Waals surface area contributed by atoms with Gasteiger partial charge in [0, 0.05) is 13.0 Å². The van der Waals surface area contributed by atoms with Gasteiger partial charge in [-0.2, -0.15) is 0 Å². The Kier molecular flexibility index (Phi) is 3.29. The number of nitrogens with one attached hydrogen (secondary N) is 1. The zero-order valence-electron chi connectivity index (χ0n) is 9.60. The molecule has 0 unspecified atom stereocenters. The quantitative estimate of drug-likeness (QED) is 0.551. The van der Waals surface area contributed by atoms with E-state index in [4.69, 9.17) is 11.1 Å². The molecule has 15 heavy (non-hydrogen) atoms. The van der Waals surface area contributed by atoms with Crippen LogP contribution in [0.5, 0.6) is 0 Å². The Hall–Kier alpha value is -0.570. The molecule has 2 aliphatic rings. The number of amidine groups is 1. The van der Waals surface area contributed by atoms with Crippen molar-refractivity contribution in [3.05, 3.63) is 0 Å². The second kappa shape index (κ2) is 4.52. The minimum Gasteiger partial charge on any atom is -0.388 e. The van der Waals surface area contributed by atoms with Crippen LogP contribution in [0.3, 0.4) is 0 Å². The molecule has 0 amide bonds. The lowest BCUT2D eigenvalue weighted by Crippen LogP contribution is -2.40. The van der Waals surface area contributed by atoms with Gasteiger partial charge >= 0.3 is 0 Å². The molecule has 1 saturated carbocycles. The predicted molar refractivity (Wildman–Crippen MR) is 63.1 cm³/mol. The van der Waals surface area contributed by atoms with Crippen molar-refractivity contribution in [3.8, 4) is 0 Å². The van der Waals surface area contributed by atoms with Crippen molar-refractivity contribution in [1.82, 2.24) is 4.90 Å². The Labute approximate surface area is 92.5 Å². The van der Waals surface area contributed by atoms with Crippen LogP contribution in [0.25, 0.3) is 0 Å². The maximum absolute atomic E-state index is 7.22. The van der Waals surface area contributed by atoms with Gasteiger partial charge in [0.1, 0.15) is 0 Å². The van der Waals surface area contributed by atoms with E-state index in [1.807, 2.05) is 0 Å². The predicted octanol–water partition coefficient (Wildman–Crippen LogP) is 1.97. The molecule has 0 aromatic rings. The molecule has 0 aromatic heterocycles. The first-order valence-corrected chi connectivity index (χ1v) is 6.26. The third kappa shape index (κ3) is 2.71. The minimum absolute atomic E-state index is 0.330. The summed E-state index contributed by atoms with van der Waals surface area (Å²) < 4.78 is 0. The molecule has 1 heterocycles. The minimum atomic E-state index is 0.330. The van der Waals surface area contributed by atoms with E-state index in [9.17, 15) is 0 Å². The van der Waals surface area contributed by atoms with Crippen LogP contribution in [0, 0.1) is 10.8 Å². The van der Waals surface area contributed by atoms with Crippen LogP contribution >= 0.6 is 0 Å². The summed E-state index contributed by atoms with van der Waals surface area (Å²) in [5.74, 6) is 0.330. The Morgan fingerprint density at radius 2 is 1.73 bits per heavy atom. The molecule has 1 spiro atoms. The first kappa shape index (κ1) is 10.9. The molecule has 0 bridgehead atoms. The molecule has 0 aromatic carbocycles. The standard InChI is InChI=1S/C12H23N3/c13-11(14)3-8-15-9-6-12(7-10-15)4-1-2-5-12/h1-10H2,(H3,13,14). The van der Waals surface area contributed by atoms with E-state index in [0.29, 0.717) is 11.3 Å². The van der Waals surface area contributed by atoms with Crippen molar-refractivity contribution in [3.63, 3.8) is 0 Å². The molecule has 0 radical (unpaired) electrons. The van der Waals surface area contributed by atoms with Gasteiger partial charge < -0.3 is 10.6 Å². The zero-order chi connectivity index (χ0) is 10.7. The molecule has 2 fully saturated rings. The largest absolute Gasteiger partial charge is 0.388 e. The number of piperidine rings is 1. The second-order valence-corrected chi connectivity index (χ2v) is 5.32. The number of nitrogens with two attached hydrogens (primary N) is 1. The monoisotopic (exact) mass is 209 g/mol. The lowest BCUT2D eigenvalue weighted by molar-refractivity contribution is 0.111. The summed E-state index contributed by atoms with van der Waals surface area (Å²) in [5, 5.41) is 7.22. The molecule has 86 valence electrons. The third-order valence-electron chi connectivity index (χ3n) is 4.28. The molecule has 3 nitrogen and oxygen atoms in total. The van der Waals surface area contributed by atoms with Crippen molar-refractivity contribution in [2.45, 2.75) is 44.9 Å². The van der Waals surface area contributed by atoms with E-state index in [-0.39, 0.29) is 0 Å². The number of hydrogen-bond donors (Lipinski definition) is 2. The fourth-order valence-corrected chi connectivity index (χ4v) is 3.15. The molecule has 0 atom stereocenters. The van der Waals surface area contributed by atoms with E-state index in [0.717, 1.165) is 13.0 Å². The highest BCUT2D eigenvalue weighted by Gasteiger charge is 2.36. The Bertz CT molecular complexity index is 221. The number of likely N-dealkylation sites (tertiary alicyclic amines) is 1. The van der Waals surface area contributed by atoms with Crippen LogP contribution in [0.2, 0.25) is 0 Å². The lowest BCUT2D eigenvalue weighted by atomic mass is 9.77. The highest BCUT2D eigenvalue weighted by atomic mass is 15.1. The molecule has 1 saturated heterocycles. The van der Waals surface area contributed by atoms with E-state index >= 15 is 0 Å². The Morgan fingerprint density at radius 3 is 2.27 bits per heavy atom. The van der Waals surface area contributed by atoms with Crippen LogP contribution in [-0.2, 0) is 0 Å². The highest BCUT2D eigenvalue weighted by Crippen LogP contribution is 2.45. The van der Waals surface area contributed by atoms with Crippen molar-refractivity contribution < 1.29 is 0 Å². The summed E-state index contributed by atoms with van der Waals surface area (Å²) in [7, 11) is 0. The second-order valence-electron chi connectivity index (χ2n) is 5.32. The molecule has 2 rings (SSSR count). The summed E-state index contributed by atoms with van der Waals surface area (Å²) in [6, 6.07) is 0. The molecule has 3 N–H and O–H groups in total. The average Bonchev–Trinajstić information content (AvgIpc) is 2.66. The van der Waals surface area contributed by atoms with Crippen molar-refractivity contribution in [1.29, 1.82) is 5.41 Å². The number of nitrogens with zero attached hydrogens (tertiary/aromatic N) is 1. The van der Waals surface area contributed by atoms with E-state index in [2.05, 4.69) is 4.90 Å². The summed E-state index contributed by atoms with van der Waals surface area (Å²) in [6.07, 6.45) is 9.34. The SMILES string of the molecule is N=C(N)CCN1CCC2(CCCC2)CC1. The summed E-state index contributed by atoms with van der Waals surface area (Å²) in [4.78, 5) is 2.48. The summed E-state index contributed by atoms with van der Waals surface area (Å²) in [5.41, 5.74) is 6.10. The van der Waals surface area contributed by atoms with Crippen molar-refractivity contribution >= 4 is 5.84 Å². The molecular formula is C12H23N3. The Morgan fingerprint density at radius 1 is 1.13 bits per heavy atom. The van der Waals surface area contributed by atoms with Gasteiger partial charge in [-0.1, -0.05) is 12.8 Å². The van der Waals surface area contributed by atoms with Crippen LogP contribution < -0.4 is 5.73 Å². The first-order valence-electron chi connectivity index (χ1n) is 6.26. The molecular weight excluding hydrogens is 186 g/mol. The van der Waals surface area contributed by atoms with Gasteiger partial charge in [-0.15, -0.1) is 0 Å². The molecule has 3 heteroatoms. The van der Waals surface area contributed by atoms with Gasteiger partial charge in [0.05, 0.1) is 5.84 Å². The van der Waals surface area contributed by atoms with Crippen LogP contribution in [0.1, 0.15) is 44.9 Å². The third-order valence-corrected chi connectivity index (χ3v) is 4.28. The fourth-order valence-electron chi connectivity index (χ4n) is 3.15. The van der Waals surface area contributed by atoms with E-state index < -0.39 is 0 Å². The van der Waals surface area contributed by atoms with Crippen molar-refractivity contribution in [2.75, 3.05) is 19.6 Å². The van der Waals surface area contributed by atoms with E-state index in [1.165, 1.54) is 51.6 Å². The maximum atomic E-state index is 7.22. The van der Waals surface area contributed by atoms with Crippen LogP contribution in [0.4, 0.5) is 0 Å². The zero-order valence-corrected chi connectivity index (χ0v) is 9.60. The van der Waals surface area contributed by atoms with Gasteiger partial charge in [-0.25, -0.2) is 0 Å². The topological polar surface area (TPSA) is 53.1 Å². The summed E-state index contributed by atoms with van der Waals surface area (Å²) >= 11 is 0. The van der Waals surface area contributed by atoms with Gasteiger partial charge in [-0.3, -0.25) is 5.41 Å². The smallest absolute Gasteiger partial charge is 0.0918 e. The summed E-state index contributed by atoms with van der Waals surface area (Å²) in [6.45, 7) is 3.45. The van der Waals surface area contributed by atoms with Gasteiger partial charge in [0.15, 0.2) is 0 Å². The van der Waals surface area contributed by atoms with Gasteiger partial charge in [0.2, 0.25) is 0 Å². The van der Waals surface area contributed by atoms with Gasteiger partial charge in [-0.05, 0) is 44.2 Å². The normalized spacial score (nSPS) is 25.9. The van der Waals surface area contributed by atoms with E-state index in [1.54, 1.807) is 0 Å². The maximum Gasteiger partial charge on any atom is 0.0918 e. The first-order chi connectivity index (χ1) is 7.20. The van der Waals surface area contributed by atoms with Crippen molar-refractivity contribution in [2.24, 2.45) is 11.1 Å². The molecule has 1 aliphatic carbocycles. The van der Waals surface area contributed by atoms with Crippen LogP contribution in [-0.4, -0.2) is 30.4 Å². The Balaban J connectivity index is 1.74. The number of rotatable bonds is 3. The fraction of sp³-hybridized carbons (Fsp3) is 0.917. The lowest BCUT2D eigenvalue weighted by Gasteiger charge is -2.39. The molecule has 1 aliphatic heterocycles. The van der Waals surface area contributed by atoms with Crippen LogP contribution in [0.15, 0.2) is 0 Å². The highest BCUT2D eigenvalue weighted by molar-refractivity contribution is 5.76.